The van der Waals surface area contributed by atoms with Crippen LogP contribution in [0.3, 0.4) is 0 Å². The van der Waals surface area contributed by atoms with Gasteiger partial charge in [-0.2, -0.15) is 13.2 Å². The smallest absolute Gasteiger partial charge is 0.433 e. The second kappa shape index (κ2) is 9.44. The van der Waals surface area contributed by atoms with E-state index in [0.29, 0.717) is 11.3 Å². The van der Waals surface area contributed by atoms with Gasteiger partial charge in [-0.3, -0.25) is 4.79 Å². The lowest BCUT2D eigenvalue weighted by molar-refractivity contribution is -0.141. The highest BCUT2D eigenvalue weighted by molar-refractivity contribution is 5.70. The SMILES string of the molecule is COc1ccc(F)c(-c2ccc(C3COc4ccc(CC(C)C(=O)O)cc4O3)nc2C(F)(F)F)c1. The highest BCUT2D eigenvalue weighted by Gasteiger charge is 2.38. The number of aliphatic carboxylic acids is 1. The molecule has 0 spiro atoms. The van der Waals surface area contributed by atoms with Gasteiger partial charge in [0.05, 0.1) is 18.7 Å². The minimum absolute atomic E-state index is 0.0423. The van der Waals surface area contributed by atoms with Crippen molar-refractivity contribution in [2.24, 2.45) is 5.92 Å². The third kappa shape index (κ3) is 5.16. The third-order valence-electron chi connectivity index (χ3n) is 5.61. The van der Waals surface area contributed by atoms with Crippen LogP contribution in [0.2, 0.25) is 0 Å². The number of nitrogens with zero attached hydrogens (tertiary/aromatic N) is 1. The Morgan fingerprint density at radius 2 is 1.91 bits per heavy atom. The highest BCUT2D eigenvalue weighted by atomic mass is 19.4. The van der Waals surface area contributed by atoms with Crippen LogP contribution in [0, 0.1) is 11.7 Å². The number of alkyl halides is 3. The van der Waals surface area contributed by atoms with Crippen molar-refractivity contribution in [3.8, 4) is 28.4 Å². The van der Waals surface area contributed by atoms with Crippen LogP contribution in [0.15, 0.2) is 48.5 Å². The Hall–Kier alpha value is -3.82. The van der Waals surface area contributed by atoms with E-state index in [9.17, 15) is 22.4 Å². The van der Waals surface area contributed by atoms with Gasteiger partial charge in [0.25, 0.3) is 0 Å². The van der Waals surface area contributed by atoms with Gasteiger partial charge in [-0.1, -0.05) is 19.1 Å². The fraction of sp³-hybridized carbons (Fsp3) is 0.280. The Labute approximate surface area is 198 Å². The Balaban J connectivity index is 1.67. The molecule has 0 saturated heterocycles. The summed E-state index contributed by atoms with van der Waals surface area (Å²) >= 11 is 0. The van der Waals surface area contributed by atoms with Gasteiger partial charge in [-0.15, -0.1) is 0 Å². The quantitative estimate of drug-likeness (QED) is 0.447. The molecule has 0 bridgehead atoms. The molecule has 0 radical (unpaired) electrons. The monoisotopic (exact) mass is 491 g/mol. The Morgan fingerprint density at radius 1 is 1.14 bits per heavy atom. The third-order valence-corrected chi connectivity index (χ3v) is 5.61. The van der Waals surface area contributed by atoms with Gasteiger partial charge >= 0.3 is 12.1 Å². The molecule has 6 nitrogen and oxygen atoms in total. The Morgan fingerprint density at radius 3 is 2.60 bits per heavy atom. The molecule has 3 aromatic rings. The van der Waals surface area contributed by atoms with E-state index in [1.54, 1.807) is 25.1 Å². The molecule has 4 rings (SSSR count). The van der Waals surface area contributed by atoms with Crippen LogP contribution in [0.1, 0.15) is 30.0 Å². The number of halogens is 4. The maximum absolute atomic E-state index is 14.4. The maximum Gasteiger partial charge on any atom is 0.433 e. The number of methoxy groups -OCH3 is 1. The van der Waals surface area contributed by atoms with Crippen LogP contribution in [0.5, 0.6) is 17.2 Å². The van der Waals surface area contributed by atoms with Crippen molar-refractivity contribution in [1.29, 1.82) is 0 Å². The summed E-state index contributed by atoms with van der Waals surface area (Å²) < 4.78 is 72.8. The van der Waals surface area contributed by atoms with Crippen molar-refractivity contribution < 1.29 is 41.7 Å². The molecule has 1 aliphatic heterocycles. The summed E-state index contributed by atoms with van der Waals surface area (Å²) in [7, 11) is 1.33. The molecule has 2 atom stereocenters. The Kier molecular flexibility index (Phi) is 6.56. The zero-order chi connectivity index (χ0) is 25.3. The number of fused-ring (bicyclic) bond motifs is 1. The molecule has 1 aliphatic rings. The van der Waals surface area contributed by atoms with E-state index in [-0.39, 0.29) is 35.8 Å². The van der Waals surface area contributed by atoms with E-state index in [2.05, 4.69) is 4.98 Å². The van der Waals surface area contributed by atoms with Crippen LogP contribution in [-0.2, 0) is 17.4 Å². The molecule has 35 heavy (non-hydrogen) atoms. The van der Waals surface area contributed by atoms with Crippen molar-refractivity contribution in [1.82, 2.24) is 4.98 Å². The van der Waals surface area contributed by atoms with Gasteiger partial charge in [-0.25, -0.2) is 9.37 Å². The molecular formula is C25H21F4NO5. The van der Waals surface area contributed by atoms with Crippen molar-refractivity contribution in [2.75, 3.05) is 13.7 Å². The number of rotatable bonds is 6. The van der Waals surface area contributed by atoms with Crippen LogP contribution in [-0.4, -0.2) is 29.8 Å². The van der Waals surface area contributed by atoms with Gasteiger partial charge < -0.3 is 19.3 Å². The van der Waals surface area contributed by atoms with Crippen molar-refractivity contribution in [2.45, 2.75) is 25.6 Å². The van der Waals surface area contributed by atoms with Crippen LogP contribution in [0.25, 0.3) is 11.1 Å². The van der Waals surface area contributed by atoms with E-state index >= 15 is 0 Å². The zero-order valence-electron chi connectivity index (χ0n) is 18.7. The van der Waals surface area contributed by atoms with Crippen LogP contribution in [0.4, 0.5) is 17.6 Å². The predicted molar refractivity (Wildman–Crippen MR) is 117 cm³/mol. The summed E-state index contributed by atoms with van der Waals surface area (Å²) in [5.74, 6) is -1.57. The second-order valence-electron chi connectivity index (χ2n) is 8.12. The molecule has 1 aromatic heterocycles. The van der Waals surface area contributed by atoms with Crippen molar-refractivity contribution >= 4 is 5.97 Å². The normalized spacial score (nSPS) is 16.0. The minimum atomic E-state index is -4.87. The highest BCUT2D eigenvalue weighted by Crippen LogP contribution is 2.41. The lowest BCUT2D eigenvalue weighted by atomic mass is 10.0. The number of benzene rings is 2. The molecule has 2 aromatic carbocycles. The number of hydrogen-bond acceptors (Lipinski definition) is 5. The predicted octanol–water partition coefficient (Wildman–Crippen LogP) is 5.69. The average molecular weight is 491 g/mol. The number of carbonyl (C=O) groups is 1. The molecule has 2 heterocycles. The van der Waals surface area contributed by atoms with Crippen LogP contribution >= 0.6 is 0 Å². The fourth-order valence-corrected chi connectivity index (χ4v) is 3.75. The summed E-state index contributed by atoms with van der Waals surface area (Å²) in [5.41, 5.74) is -1.35. The molecular weight excluding hydrogens is 470 g/mol. The molecule has 2 unspecified atom stereocenters. The summed E-state index contributed by atoms with van der Waals surface area (Å²) in [5, 5.41) is 9.13. The summed E-state index contributed by atoms with van der Waals surface area (Å²) in [6.07, 6.45) is -5.58. The van der Waals surface area contributed by atoms with Gasteiger partial charge in [0.15, 0.2) is 23.3 Å². The van der Waals surface area contributed by atoms with Gasteiger partial charge in [0.1, 0.15) is 18.2 Å². The first kappa shape index (κ1) is 24.3. The first-order valence-electron chi connectivity index (χ1n) is 10.6. The molecule has 0 fully saturated rings. The van der Waals surface area contributed by atoms with E-state index in [1.807, 2.05) is 0 Å². The zero-order valence-corrected chi connectivity index (χ0v) is 18.7. The summed E-state index contributed by atoms with van der Waals surface area (Å²) in [6.45, 7) is 1.48. The lowest BCUT2D eigenvalue weighted by Gasteiger charge is -2.27. The topological polar surface area (TPSA) is 77.9 Å². The first-order valence-corrected chi connectivity index (χ1v) is 10.6. The average Bonchev–Trinajstić information content (AvgIpc) is 2.83. The van der Waals surface area contributed by atoms with E-state index in [4.69, 9.17) is 19.3 Å². The van der Waals surface area contributed by atoms with Crippen LogP contribution < -0.4 is 14.2 Å². The molecule has 0 aliphatic carbocycles. The summed E-state index contributed by atoms with van der Waals surface area (Å²) in [4.78, 5) is 14.9. The lowest BCUT2D eigenvalue weighted by Crippen LogP contribution is -2.24. The number of hydrogen-bond donors (Lipinski definition) is 1. The largest absolute Gasteiger partial charge is 0.497 e. The molecule has 10 heteroatoms. The van der Waals surface area contributed by atoms with Gasteiger partial charge in [-0.05, 0) is 48.4 Å². The fourth-order valence-electron chi connectivity index (χ4n) is 3.75. The Bertz CT molecular complexity index is 1260. The number of carboxylic acids is 1. The molecule has 0 saturated carbocycles. The number of pyridine rings is 1. The molecule has 1 N–H and O–H groups in total. The number of aromatic nitrogens is 1. The van der Waals surface area contributed by atoms with Crippen molar-refractivity contribution in [3.63, 3.8) is 0 Å². The molecule has 184 valence electrons. The standard InChI is InChI=1S/C25H21F4NO5/c1-13(24(31)32)9-14-3-8-20-21(10-14)35-22(12-34-20)19-7-5-16(23(30-19)25(27,28)29)17-11-15(33-2)4-6-18(17)26/h3-8,10-11,13,22H,9,12H2,1-2H3,(H,31,32). The number of ether oxygens (including phenoxy) is 3. The summed E-state index contributed by atoms with van der Waals surface area (Å²) in [6, 6.07) is 10.9. The minimum Gasteiger partial charge on any atom is -0.497 e. The van der Waals surface area contributed by atoms with E-state index in [0.717, 1.165) is 12.1 Å². The maximum atomic E-state index is 14.4. The van der Waals surface area contributed by atoms with Crippen molar-refractivity contribution in [3.05, 3.63) is 71.3 Å². The van der Waals surface area contributed by atoms with Gasteiger partial charge in [0, 0.05) is 11.1 Å². The second-order valence-corrected chi connectivity index (χ2v) is 8.12. The van der Waals surface area contributed by atoms with E-state index < -0.39 is 41.2 Å². The van der Waals surface area contributed by atoms with Gasteiger partial charge in [0.2, 0.25) is 0 Å². The molecule has 0 amide bonds. The first-order chi connectivity index (χ1) is 16.6. The number of carboxylic acid groups (broad SMARTS) is 1. The van der Waals surface area contributed by atoms with E-state index in [1.165, 1.54) is 25.3 Å².